The van der Waals surface area contributed by atoms with Crippen molar-refractivity contribution in [2.24, 2.45) is 0 Å². The molecule has 3 aromatic heterocycles. The average Bonchev–Trinajstić information content (AvgIpc) is 3.47. The fourth-order valence-electron chi connectivity index (χ4n) is 3.56. The van der Waals surface area contributed by atoms with Gasteiger partial charge in [0.05, 0.1) is 18.0 Å². The highest BCUT2D eigenvalue weighted by Crippen LogP contribution is 2.23. The molecule has 0 radical (unpaired) electrons. The maximum atomic E-state index is 12.9. The largest absolute Gasteiger partial charge is 0.419 e. The van der Waals surface area contributed by atoms with Crippen molar-refractivity contribution in [2.75, 3.05) is 44.2 Å². The Labute approximate surface area is 180 Å². The zero-order chi connectivity index (χ0) is 20.8. The second kappa shape index (κ2) is 9.82. The summed E-state index contributed by atoms with van der Waals surface area (Å²) in [5.74, 6) is 2.19. The van der Waals surface area contributed by atoms with Crippen LogP contribution in [0.15, 0.2) is 46.3 Å². The topological polar surface area (TPSA) is 78.6 Å². The smallest absolute Gasteiger partial charge is 0.257 e. The SMILES string of the molecule is CCCN(CC(=O)N1CCN(c2ccccn2)CC1)Cc1nnc(-c2cccs2)o1. The Balaban J connectivity index is 1.31. The summed E-state index contributed by atoms with van der Waals surface area (Å²) in [4.78, 5) is 24.5. The molecule has 1 aliphatic rings. The molecule has 0 bridgehead atoms. The lowest BCUT2D eigenvalue weighted by Crippen LogP contribution is -2.51. The van der Waals surface area contributed by atoms with E-state index < -0.39 is 0 Å². The van der Waals surface area contributed by atoms with Gasteiger partial charge in [-0.05, 0) is 36.5 Å². The van der Waals surface area contributed by atoms with Crippen LogP contribution in [0.4, 0.5) is 5.82 Å². The monoisotopic (exact) mass is 426 g/mol. The molecule has 8 nitrogen and oxygen atoms in total. The molecule has 0 unspecified atom stereocenters. The summed E-state index contributed by atoms with van der Waals surface area (Å²) in [6.45, 7) is 6.75. The quantitative estimate of drug-likeness (QED) is 0.548. The second-order valence-electron chi connectivity index (χ2n) is 7.24. The third-order valence-corrected chi connectivity index (χ3v) is 5.92. The number of thiophene rings is 1. The van der Waals surface area contributed by atoms with Crippen LogP contribution in [0.25, 0.3) is 10.8 Å². The first kappa shape index (κ1) is 20.5. The number of carbonyl (C=O) groups excluding carboxylic acids is 1. The van der Waals surface area contributed by atoms with E-state index in [1.54, 1.807) is 17.5 Å². The van der Waals surface area contributed by atoms with Gasteiger partial charge in [0.15, 0.2) is 0 Å². The summed E-state index contributed by atoms with van der Waals surface area (Å²) in [7, 11) is 0. The highest BCUT2D eigenvalue weighted by Gasteiger charge is 2.24. The molecule has 0 aliphatic carbocycles. The summed E-state index contributed by atoms with van der Waals surface area (Å²) < 4.78 is 5.80. The Morgan fingerprint density at radius 2 is 2.03 bits per heavy atom. The number of rotatable bonds is 8. The van der Waals surface area contributed by atoms with E-state index >= 15 is 0 Å². The molecule has 158 valence electrons. The maximum Gasteiger partial charge on any atom is 0.257 e. The summed E-state index contributed by atoms with van der Waals surface area (Å²) in [6.07, 6.45) is 2.75. The van der Waals surface area contributed by atoms with Gasteiger partial charge >= 0.3 is 0 Å². The standard InChI is InChI=1S/C21H26N6O2S/c1-2-9-25(15-19-23-24-21(29-19)17-6-5-14-30-17)16-20(28)27-12-10-26(11-13-27)18-7-3-4-8-22-18/h3-8,14H,2,9-13,15-16H2,1H3. The minimum atomic E-state index is 0.141. The number of anilines is 1. The molecule has 9 heteroatoms. The minimum Gasteiger partial charge on any atom is -0.419 e. The molecule has 0 spiro atoms. The van der Waals surface area contributed by atoms with E-state index in [1.165, 1.54) is 0 Å². The number of hydrogen-bond acceptors (Lipinski definition) is 8. The van der Waals surface area contributed by atoms with Crippen molar-refractivity contribution in [1.82, 2.24) is 25.0 Å². The van der Waals surface area contributed by atoms with Gasteiger partial charge in [-0.2, -0.15) is 0 Å². The summed E-state index contributed by atoms with van der Waals surface area (Å²) in [5, 5.41) is 10.3. The van der Waals surface area contributed by atoms with Crippen molar-refractivity contribution in [1.29, 1.82) is 0 Å². The molecule has 30 heavy (non-hydrogen) atoms. The van der Waals surface area contributed by atoms with E-state index in [2.05, 4.69) is 31.9 Å². The summed E-state index contributed by atoms with van der Waals surface area (Å²) >= 11 is 1.57. The third-order valence-electron chi connectivity index (χ3n) is 5.06. The molecule has 1 fully saturated rings. The molecule has 1 amide bonds. The number of carbonyl (C=O) groups is 1. The van der Waals surface area contributed by atoms with Gasteiger partial charge in [0.2, 0.25) is 11.8 Å². The van der Waals surface area contributed by atoms with Crippen LogP contribution in [0.2, 0.25) is 0 Å². The predicted molar refractivity (Wildman–Crippen MR) is 116 cm³/mol. The molecule has 0 N–H and O–H groups in total. The first-order valence-corrected chi connectivity index (χ1v) is 11.1. The van der Waals surface area contributed by atoms with Crippen molar-refractivity contribution < 1.29 is 9.21 Å². The summed E-state index contributed by atoms with van der Waals surface area (Å²) in [5.41, 5.74) is 0. The fourth-order valence-corrected chi connectivity index (χ4v) is 4.20. The lowest BCUT2D eigenvalue weighted by molar-refractivity contribution is -0.132. The molecule has 3 aromatic rings. The number of piperazine rings is 1. The van der Waals surface area contributed by atoms with E-state index in [0.717, 1.165) is 36.8 Å². The second-order valence-corrected chi connectivity index (χ2v) is 8.19. The van der Waals surface area contributed by atoms with Crippen LogP contribution in [0.5, 0.6) is 0 Å². The number of nitrogens with zero attached hydrogens (tertiary/aromatic N) is 6. The van der Waals surface area contributed by atoms with Gasteiger partial charge in [0.1, 0.15) is 5.82 Å². The van der Waals surface area contributed by atoms with Gasteiger partial charge in [0.25, 0.3) is 5.89 Å². The highest BCUT2D eigenvalue weighted by atomic mass is 32.1. The van der Waals surface area contributed by atoms with E-state index in [4.69, 9.17) is 4.42 Å². The first-order chi connectivity index (χ1) is 14.7. The fraction of sp³-hybridized carbons (Fsp3) is 0.429. The van der Waals surface area contributed by atoms with E-state index in [1.807, 2.05) is 40.6 Å². The molecule has 4 rings (SSSR count). The third kappa shape index (κ3) is 5.03. The number of amides is 1. The van der Waals surface area contributed by atoms with Crippen molar-refractivity contribution in [2.45, 2.75) is 19.9 Å². The molecule has 0 atom stereocenters. The molecule has 1 aliphatic heterocycles. The normalized spacial score (nSPS) is 14.5. The Bertz CT molecular complexity index is 922. The van der Waals surface area contributed by atoms with Gasteiger partial charge < -0.3 is 14.2 Å². The average molecular weight is 427 g/mol. The van der Waals surface area contributed by atoms with Crippen molar-refractivity contribution in [3.63, 3.8) is 0 Å². The molecular weight excluding hydrogens is 400 g/mol. The summed E-state index contributed by atoms with van der Waals surface area (Å²) in [6, 6.07) is 9.83. The van der Waals surface area contributed by atoms with Crippen LogP contribution in [0, 0.1) is 0 Å². The van der Waals surface area contributed by atoms with Crippen molar-refractivity contribution in [3.05, 3.63) is 47.8 Å². The molecule has 1 saturated heterocycles. The Morgan fingerprint density at radius 3 is 2.73 bits per heavy atom. The first-order valence-electron chi connectivity index (χ1n) is 10.3. The van der Waals surface area contributed by atoms with Crippen LogP contribution in [-0.2, 0) is 11.3 Å². The van der Waals surface area contributed by atoms with Crippen LogP contribution < -0.4 is 4.90 Å². The van der Waals surface area contributed by atoms with Crippen molar-refractivity contribution in [3.8, 4) is 10.8 Å². The maximum absolute atomic E-state index is 12.9. The number of aromatic nitrogens is 3. The van der Waals surface area contributed by atoms with Gasteiger partial charge in [-0.1, -0.05) is 19.1 Å². The highest BCUT2D eigenvalue weighted by molar-refractivity contribution is 7.13. The van der Waals surface area contributed by atoms with E-state index in [-0.39, 0.29) is 5.91 Å². The zero-order valence-electron chi connectivity index (χ0n) is 17.1. The minimum absolute atomic E-state index is 0.141. The predicted octanol–water partition coefficient (Wildman–Crippen LogP) is 2.75. The molecular formula is C21H26N6O2S. The van der Waals surface area contributed by atoms with Crippen LogP contribution in [0.3, 0.4) is 0 Å². The zero-order valence-corrected chi connectivity index (χ0v) is 17.9. The van der Waals surface area contributed by atoms with Gasteiger partial charge in [-0.25, -0.2) is 4.98 Å². The Kier molecular flexibility index (Phi) is 6.70. The van der Waals surface area contributed by atoms with Crippen LogP contribution in [0.1, 0.15) is 19.2 Å². The molecule has 4 heterocycles. The molecule has 0 aromatic carbocycles. The Morgan fingerprint density at radius 1 is 1.17 bits per heavy atom. The van der Waals surface area contributed by atoms with E-state index in [0.29, 0.717) is 38.0 Å². The van der Waals surface area contributed by atoms with Crippen LogP contribution in [-0.4, -0.2) is 70.2 Å². The van der Waals surface area contributed by atoms with Gasteiger partial charge in [-0.3, -0.25) is 9.69 Å². The lowest BCUT2D eigenvalue weighted by atomic mass is 10.3. The lowest BCUT2D eigenvalue weighted by Gasteiger charge is -2.36. The van der Waals surface area contributed by atoms with Crippen LogP contribution >= 0.6 is 11.3 Å². The molecule has 0 saturated carbocycles. The Hall–Kier alpha value is -2.78. The van der Waals surface area contributed by atoms with Gasteiger partial charge in [0, 0.05) is 32.4 Å². The number of pyridine rings is 1. The number of hydrogen-bond donors (Lipinski definition) is 0. The van der Waals surface area contributed by atoms with Gasteiger partial charge in [-0.15, -0.1) is 21.5 Å². The van der Waals surface area contributed by atoms with E-state index in [9.17, 15) is 4.79 Å². The van der Waals surface area contributed by atoms with Crippen molar-refractivity contribution >= 4 is 23.1 Å².